The van der Waals surface area contributed by atoms with Gasteiger partial charge in [0, 0.05) is 29.7 Å². The van der Waals surface area contributed by atoms with Crippen molar-refractivity contribution < 1.29 is 32.5 Å². The summed E-state index contributed by atoms with van der Waals surface area (Å²) in [5, 5.41) is 24.6. The summed E-state index contributed by atoms with van der Waals surface area (Å²) in [5.74, 6) is -1.21. The maximum atomic E-state index is 11.2. The van der Waals surface area contributed by atoms with Crippen molar-refractivity contribution in [2.45, 2.75) is 26.1 Å². The SMILES string of the molecule is CCOc1cc(OCC)cc(C(Nc2ccc(C(=N)N)cc2)/C(=N/N=O)NNc2ncccn2)c1.O=C(O)C(F)(F)F. The molecule has 0 aliphatic rings. The van der Waals surface area contributed by atoms with E-state index < -0.39 is 18.2 Å². The number of hydrogen-bond acceptors (Lipinski definition) is 10. The van der Waals surface area contributed by atoms with E-state index in [1.807, 2.05) is 26.0 Å². The number of nitrogen functional groups attached to an aromatic ring is 1. The van der Waals surface area contributed by atoms with Gasteiger partial charge in [0.25, 0.3) is 0 Å². The minimum absolute atomic E-state index is 0.0417. The smallest absolute Gasteiger partial charge is 0.490 e. The summed E-state index contributed by atoms with van der Waals surface area (Å²) in [6.45, 7) is 4.69. The molecular formula is C25H28F3N9O5. The average molecular weight is 592 g/mol. The van der Waals surface area contributed by atoms with Crippen LogP contribution in [0.3, 0.4) is 0 Å². The van der Waals surface area contributed by atoms with Gasteiger partial charge in [-0.1, -0.05) is 5.10 Å². The number of ether oxygens (including phenoxy) is 2. The molecule has 0 fully saturated rings. The van der Waals surface area contributed by atoms with Gasteiger partial charge < -0.3 is 25.6 Å². The van der Waals surface area contributed by atoms with Gasteiger partial charge in [0.05, 0.1) is 18.5 Å². The number of alkyl halides is 3. The highest BCUT2D eigenvalue weighted by Crippen LogP contribution is 2.30. The van der Waals surface area contributed by atoms with Crippen LogP contribution in [0.4, 0.5) is 24.8 Å². The number of amidine groups is 2. The van der Waals surface area contributed by atoms with Crippen molar-refractivity contribution in [3.8, 4) is 11.5 Å². The number of carbonyl (C=O) groups is 1. The Morgan fingerprint density at radius 3 is 2.07 bits per heavy atom. The lowest BCUT2D eigenvalue weighted by atomic mass is 10.0. The maximum Gasteiger partial charge on any atom is 0.490 e. The van der Waals surface area contributed by atoms with E-state index in [1.165, 1.54) is 0 Å². The molecule has 0 radical (unpaired) electrons. The van der Waals surface area contributed by atoms with Crippen LogP contribution in [0.25, 0.3) is 0 Å². The molecule has 1 atom stereocenters. The highest BCUT2D eigenvalue weighted by Gasteiger charge is 2.38. The van der Waals surface area contributed by atoms with Crippen molar-refractivity contribution >= 4 is 29.3 Å². The van der Waals surface area contributed by atoms with Gasteiger partial charge in [0.15, 0.2) is 5.84 Å². The van der Waals surface area contributed by atoms with E-state index in [4.69, 9.17) is 30.5 Å². The molecule has 1 heterocycles. The van der Waals surface area contributed by atoms with Gasteiger partial charge in [0.2, 0.25) is 5.95 Å². The zero-order valence-corrected chi connectivity index (χ0v) is 22.3. The Kier molecular flexibility index (Phi) is 12.4. The third kappa shape index (κ3) is 10.6. The highest BCUT2D eigenvalue weighted by molar-refractivity contribution is 5.95. The van der Waals surface area contributed by atoms with E-state index in [0.29, 0.717) is 41.5 Å². The van der Waals surface area contributed by atoms with E-state index in [2.05, 4.69) is 36.5 Å². The number of carboxylic acid groups (broad SMARTS) is 1. The fourth-order valence-electron chi connectivity index (χ4n) is 3.17. The van der Waals surface area contributed by atoms with Crippen LogP contribution in [-0.4, -0.2) is 52.1 Å². The molecule has 224 valence electrons. The predicted molar refractivity (Wildman–Crippen MR) is 148 cm³/mol. The first-order valence-corrected chi connectivity index (χ1v) is 12.1. The van der Waals surface area contributed by atoms with Gasteiger partial charge in [-0.15, -0.1) is 4.91 Å². The molecule has 0 aliphatic carbocycles. The van der Waals surface area contributed by atoms with E-state index in [1.54, 1.807) is 48.8 Å². The number of aliphatic carboxylic acids is 1. The van der Waals surface area contributed by atoms with Gasteiger partial charge in [-0.2, -0.15) is 13.2 Å². The molecule has 2 aromatic carbocycles. The van der Waals surface area contributed by atoms with Crippen molar-refractivity contribution in [2.24, 2.45) is 16.1 Å². The van der Waals surface area contributed by atoms with Crippen LogP contribution in [0.5, 0.6) is 11.5 Å². The second-order valence-electron chi connectivity index (χ2n) is 7.86. The number of nitrogens with zero attached hydrogens (tertiary/aromatic N) is 4. The number of nitrogens with one attached hydrogen (secondary N) is 4. The van der Waals surface area contributed by atoms with Crippen LogP contribution >= 0.6 is 0 Å². The third-order valence-electron chi connectivity index (χ3n) is 4.90. The van der Waals surface area contributed by atoms with Crippen LogP contribution in [0.2, 0.25) is 0 Å². The lowest BCUT2D eigenvalue weighted by Gasteiger charge is -2.24. The summed E-state index contributed by atoms with van der Waals surface area (Å²) < 4.78 is 43.2. The molecule has 42 heavy (non-hydrogen) atoms. The van der Waals surface area contributed by atoms with Crippen molar-refractivity contribution in [1.82, 2.24) is 15.4 Å². The number of rotatable bonds is 12. The molecule has 1 aromatic heterocycles. The second kappa shape index (κ2) is 15.9. The summed E-state index contributed by atoms with van der Waals surface area (Å²) in [5.41, 5.74) is 13.2. The zero-order valence-electron chi connectivity index (χ0n) is 22.3. The third-order valence-corrected chi connectivity index (χ3v) is 4.90. The lowest BCUT2D eigenvalue weighted by molar-refractivity contribution is -0.192. The average Bonchev–Trinajstić information content (AvgIpc) is 2.95. The molecule has 0 aliphatic heterocycles. The summed E-state index contributed by atoms with van der Waals surface area (Å²) in [7, 11) is 0. The molecule has 7 N–H and O–H groups in total. The Labute approximate surface area is 237 Å². The lowest BCUT2D eigenvalue weighted by Crippen LogP contribution is -2.37. The first-order chi connectivity index (χ1) is 20.0. The van der Waals surface area contributed by atoms with E-state index in [0.717, 1.165) is 0 Å². The van der Waals surface area contributed by atoms with Gasteiger partial charge in [0.1, 0.15) is 23.4 Å². The van der Waals surface area contributed by atoms with Crippen molar-refractivity contribution in [3.63, 3.8) is 0 Å². The second-order valence-corrected chi connectivity index (χ2v) is 7.86. The molecular weight excluding hydrogens is 563 g/mol. The number of hydrogen-bond donors (Lipinski definition) is 6. The summed E-state index contributed by atoms with van der Waals surface area (Å²) in [6.07, 6.45) is -1.95. The molecule has 0 spiro atoms. The Morgan fingerprint density at radius 2 is 1.62 bits per heavy atom. The molecule has 1 unspecified atom stereocenters. The minimum atomic E-state index is -5.08. The van der Waals surface area contributed by atoms with Crippen LogP contribution in [-0.2, 0) is 4.79 Å². The van der Waals surface area contributed by atoms with E-state index >= 15 is 0 Å². The number of nitroso groups, excluding NO2 is 1. The topological polar surface area (TPSA) is 209 Å². The Balaban J connectivity index is 0.000000782. The molecule has 0 saturated carbocycles. The number of benzene rings is 2. The first-order valence-electron chi connectivity index (χ1n) is 12.1. The van der Waals surface area contributed by atoms with Crippen molar-refractivity contribution in [2.75, 3.05) is 24.0 Å². The molecule has 0 amide bonds. The Hall–Kier alpha value is -5.48. The van der Waals surface area contributed by atoms with Gasteiger partial charge in [-0.05, 0) is 61.9 Å². The largest absolute Gasteiger partial charge is 0.494 e. The Morgan fingerprint density at radius 1 is 1.07 bits per heavy atom. The first kappa shape index (κ1) is 32.7. The molecule has 3 aromatic rings. The summed E-state index contributed by atoms with van der Waals surface area (Å²) in [4.78, 5) is 28.3. The Bertz CT molecular complexity index is 1330. The number of carboxylic acids is 1. The van der Waals surface area contributed by atoms with Gasteiger partial charge in [-0.3, -0.25) is 16.3 Å². The number of anilines is 2. The molecule has 3 rings (SSSR count). The van der Waals surface area contributed by atoms with E-state index in [9.17, 15) is 18.1 Å². The molecule has 0 saturated heterocycles. The van der Waals surface area contributed by atoms with Gasteiger partial charge >= 0.3 is 12.1 Å². The number of hydrazine groups is 1. The van der Waals surface area contributed by atoms with E-state index in [-0.39, 0.29) is 17.6 Å². The molecule has 14 nitrogen and oxygen atoms in total. The van der Waals surface area contributed by atoms with Gasteiger partial charge in [-0.25, -0.2) is 14.8 Å². The summed E-state index contributed by atoms with van der Waals surface area (Å²) >= 11 is 0. The number of nitrogens with two attached hydrogens (primary N) is 1. The fourth-order valence-corrected chi connectivity index (χ4v) is 3.17. The van der Waals surface area contributed by atoms with Crippen LogP contribution in [0.15, 0.2) is 71.3 Å². The van der Waals surface area contributed by atoms with Crippen LogP contribution in [0.1, 0.15) is 31.0 Å². The highest BCUT2D eigenvalue weighted by atomic mass is 19.4. The zero-order chi connectivity index (χ0) is 31.1. The van der Waals surface area contributed by atoms with Crippen LogP contribution in [0, 0.1) is 10.3 Å². The van der Waals surface area contributed by atoms with Crippen molar-refractivity contribution in [3.05, 3.63) is 77.0 Å². The summed E-state index contributed by atoms with van der Waals surface area (Å²) in [6, 6.07) is 13.3. The quantitative estimate of drug-likeness (QED) is 0.0766. The normalized spacial score (nSPS) is 11.7. The minimum Gasteiger partial charge on any atom is -0.494 e. The predicted octanol–water partition coefficient (Wildman–Crippen LogP) is 4.04. The number of aromatic nitrogens is 2. The van der Waals surface area contributed by atoms with Crippen molar-refractivity contribution in [1.29, 1.82) is 5.41 Å². The monoisotopic (exact) mass is 591 g/mol. The standard InChI is InChI=1S/C23H27N9O3.C2HF3O2/c1-3-34-18-12-16(13-19(14-18)35-4-2)20(28-17-8-6-15(7-9-17)21(24)25)22(30-32-33)29-31-23-26-10-5-11-27-23;3-2(4,5)1(6)7/h5-14,20,28H,3-4H2,1-2H3,(H3,24,25)(H,26,27,31)(H,29,30,33);(H,6,7). The maximum absolute atomic E-state index is 11.2. The molecule has 0 bridgehead atoms. The number of halogens is 3. The molecule has 17 heteroatoms. The fraction of sp³-hybridized carbons (Fsp3) is 0.240. The van der Waals surface area contributed by atoms with Crippen LogP contribution < -0.4 is 31.4 Å².